The summed E-state index contributed by atoms with van der Waals surface area (Å²) in [4.78, 5) is 0. The van der Waals surface area contributed by atoms with Crippen LogP contribution in [0.5, 0.6) is 0 Å². The highest BCUT2D eigenvalue weighted by Gasteiger charge is 2.48. The Labute approximate surface area is 299 Å². The van der Waals surface area contributed by atoms with E-state index in [1.165, 1.54) is 95.9 Å². The largest absolute Gasteiger partial charge is 0.0722 e. The van der Waals surface area contributed by atoms with Gasteiger partial charge in [0.25, 0.3) is 0 Å². The zero-order valence-corrected chi connectivity index (χ0v) is 32.7. The van der Waals surface area contributed by atoms with E-state index < -0.39 is 8.07 Å². The van der Waals surface area contributed by atoms with Gasteiger partial charge in [0, 0.05) is 11.1 Å². The van der Waals surface area contributed by atoms with Crippen LogP contribution in [0.3, 0.4) is 0 Å². The summed E-state index contributed by atoms with van der Waals surface area (Å²) in [6.07, 6.45) is 15.0. The van der Waals surface area contributed by atoms with Gasteiger partial charge in [0.05, 0.1) is 8.07 Å². The van der Waals surface area contributed by atoms with Crippen LogP contribution in [-0.2, 0) is 0 Å². The quantitative estimate of drug-likeness (QED) is 0.118. The fourth-order valence-corrected chi connectivity index (χ4v) is 13.8. The molecule has 4 aromatic rings. The van der Waals surface area contributed by atoms with E-state index >= 15 is 0 Å². The van der Waals surface area contributed by atoms with Gasteiger partial charge >= 0.3 is 0 Å². The average molecular weight is 665 g/mol. The molecule has 2 aliphatic rings. The maximum Gasteiger partial charge on any atom is 0.0722 e. The second-order valence-electron chi connectivity index (χ2n) is 15.8. The summed E-state index contributed by atoms with van der Waals surface area (Å²) in [5.41, 5.74) is 19.0. The van der Waals surface area contributed by atoms with Gasteiger partial charge < -0.3 is 0 Å². The summed E-state index contributed by atoms with van der Waals surface area (Å²) < 4.78 is 0. The van der Waals surface area contributed by atoms with Gasteiger partial charge in [-0.25, -0.2) is 0 Å². The average Bonchev–Trinajstić information content (AvgIpc) is 3.72. The van der Waals surface area contributed by atoms with Crippen molar-refractivity contribution in [2.75, 3.05) is 0 Å². The third-order valence-corrected chi connectivity index (χ3v) is 16.6. The van der Waals surface area contributed by atoms with Crippen LogP contribution in [0.4, 0.5) is 0 Å². The minimum atomic E-state index is -2.01. The molecular weight excluding hydrogens is 605 g/mol. The maximum absolute atomic E-state index is 2.73. The van der Waals surface area contributed by atoms with Crippen LogP contribution in [0.1, 0.15) is 149 Å². The first-order chi connectivity index (χ1) is 23.7. The van der Waals surface area contributed by atoms with Crippen LogP contribution < -0.4 is 0 Å². The molecular formula is C48H60Si. The Morgan fingerprint density at radius 3 is 1.27 bits per heavy atom. The number of allylic oxidation sites excluding steroid dienone is 2. The number of fused-ring (bicyclic) bond motifs is 2. The predicted octanol–water partition coefficient (Wildman–Crippen LogP) is 14.9. The van der Waals surface area contributed by atoms with Gasteiger partial charge in [0.15, 0.2) is 0 Å². The lowest BCUT2D eigenvalue weighted by atomic mass is 9.93. The van der Waals surface area contributed by atoms with Gasteiger partial charge in [0.1, 0.15) is 0 Å². The summed E-state index contributed by atoms with van der Waals surface area (Å²) in [5.74, 6) is 1.20. The molecule has 0 heterocycles. The third-order valence-electron chi connectivity index (χ3n) is 12.2. The van der Waals surface area contributed by atoms with Crippen LogP contribution in [0.2, 0.25) is 13.1 Å². The molecule has 0 saturated carbocycles. The topological polar surface area (TPSA) is 0 Å². The molecule has 0 saturated heterocycles. The van der Waals surface area contributed by atoms with Crippen molar-refractivity contribution in [3.8, 4) is 22.3 Å². The normalized spacial score (nSPS) is 18.1. The Morgan fingerprint density at radius 2 is 0.918 bits per heavy atom. The third kappa shape index (κ3) is 6.85. The van der Waals surface area contributed by atoms with Crippen molar-refractivity contribution in [1.82, 2.24) is 0 Å². The lowest BCUT2D eigenvalue weighted by molar-refractivity contribution is 0.734. The van der Waals surface area contributed by atoms with Crippen LogP contribution in [-0.4, -0.2) is 8.07 Å². The van der Waals surface area contributed by atoms with Crippen LogP contribution in [0.15, 0.2) is 96.1 Å². The summed E-state index contributed by atoms with van der Waals surface area (Å²) in [6.45, 7) is 19.4. The second-order valence-corrected chi connectivity index (χ2v) is 20.6. The van der Waals surface area contributed by atoms with Crippen molar-refractivity contribution in [3.05, 3.63) is 129 Å². The Balaban J connectivity index is 1.44. The van der Waals surface area contributed by atoms with Gasteiger partial charge in [-0.05, 0) is 106 Å². The molecule has 4 aromatic carbocycles. The number of rotatable bonds is 14. The molecule has 1 heteroatoms. The van der Waals surface area contributed by atoms with Gasteiger partial charge in [-0.1, -0.05) is 176 Å². The molecule has 0 radical (unpaired) electrons. The lowest BCUT2D eigenvalue weighted by Gasteiger charge is -2.40. The summed E-state index contributed by atoms with van der Waals surface area (Å²) in [7, 11) is -2.01. The maximum atomic E-state index is 2.73. The van der Waals surface area contributed by atoms with E-state index in [2.05, 4.69) is 152 Å². The number of benzene rings is 4. The predicted molar refractivity (Wildman–Crippen MR) is 219 cm³/mol. The van der Waals surface area contributed by atoms with E-state index in [4.69, 9.17) is 0 Å². The van der Waals surface area contributed by atoms with Gasteiger partial charge in [0.2, 0.25) is 0 Å². The molecule has 0 bridgehead atoms. The molecule has 4 unspecified atom stereocenters. The standard InChI is InChI=1S/C48H60Si/c1-9-13-17-39-31-45-41(37-27-23-35(24-28-37)33(5)11-3)19-15-21-43(45)47(39)49(7,8)48-40(18-14-10-2)32-46-42(20-16-22-44(46)48)38-29-25-36(26-30-38)34(6)12-4/h15-16,19-34,47-48H,9-14,17-18H2,1-8H3. The molecule has 0 fully saturated rings. The highest BCUT2D eigenvalue weighted by atomic mass is 28.3. The van der Waals surface area contributed by atoms with Crippen LogP contribution >= 0.6 is 0 Å². The monoisotopic (exact) mass is 664 g/mol. The molecule has 256 valence electrons. The Morgan fingerprint density at radius 1 is 0.531 bits per heavy atom. The SMILES string of the molecule is CCCCC1=Cc2c(-c3ccc(C(C)CC)cc3)cccc2C1[Si](C)(C)C1C(CCCC)=Cc2c(-c3ccc(C(C)CC)cc3)cccc21. The molecule has 0 aliphatic heterocycles. The zero-order valence-electron chi connectivity index (χ0n) is 31.7. The van der Waals surface area contributed by atoms with Crippen molar-refractivity contribution < 1.29 is 0 Å². The minimum absolute atomic E-state index is 0.521. The zero-order chi connectivity index (χ0) is 34.7. The number of unbranched alkanes of at least 4 members (excludes halogenated alkanes) is 2. The van der Waals surface area contributed by atoms with Crippen LogP contribution in [0, 0.1) is 0 Å². The van der Waals surface area contributed by atoms with Crippen molar-refractivity contribution in [2.24, 2.45) is 0 Å². The lowest BCUT2D eigenvalue weighted by Crippen LogP contribution is -2.43. The first-order valence-electron chi connectivity index (χ1n) is 19.6. The summed E-state index contributed by atoms with van der Waals surface area (Å²) >= 11 is 0. The van der Waals surface area contributed by atoms with Crippen molar-refractivity contribution in [2.45, 2.75) is 129 Å². The fraction of sp³-hybridized carbons (Fsp3) is 0.417. The Hall–Kier alpha value is -3.42. The van der Waals surface area contributed by atoms with Crippen molar-refractivity contribution in [3.63, 3.8) is 0 Å². The molecule has 49 heavy (non-hydrogen) atoms. The van der Waals surface area contributed by atoms with E-state index in [1.54, 1.807) is 22.3 Å². The van der Waals surface area contributed by atoms with Crippen LogP contribution in [0.25, 0.3) is 34.4 Å². The molecule has 4 atom stereocenters. The van der Waals surface area contributed by atoms with E-state index in [9.17, 15) is 0 Å². The highest BCUT2D eigenvalue weighted by Crippen LogP contribution is 2.56. The molecule has 0 amide bonds. The number of hydrogen-bond acceptors (Lipinski definition) is 0. The molecule has 6 rings (SSSR count). The summed E-state index contributed by atoms with van der Waals surface area (Å²) in [5, 5.41) is 0. The van der Waals surface area contributed by atoms with Gasteiger partial charge in [-0.2, -0.15) is 0 Å². The van der Waals surface area contributed by atoms with Crippen molar-refractivity contribution in [1.29, 1.82) is 0 Å². The first kappa shape index (κ1) is 35.4. The minimum Gasteiger partial charge on any atom is -0.0679 e. The Bertz CT molecular complexity index is 1670. The smallest absolute Gasteiger partial charge is 0.0679 e. The molecule has 2 aliphatic carbocycles. The molecule has 0 spiro atoms. The number of hydrogen-bond donors (Lipinski definition) is 0. The molecule has 0 N–H and O–H groups in total. The van der Waals surface area contributed by atoms with E-state index in [0.717, 1.165) is 0 Å². The first-order valence-corrected chi connectivity index (χ1v) is 22.8. The molecule has 0 nitrogen and oxygen atoms in total. The van der Waals surface area contributed by atoms with Gasteiger partial charge in [-0.15, -0.1) is 0 Å². The molecule has 0 aromatic heterocycles. The highest BCUT2D eigenvalue weighted by molar-refractivity contribution is 6.81. The van der Waals surface area contributed by atoms with Gasteiger partial charge in [-0.3, -0.25) is 0 Å². The van der Waals surface area contributed by atoms with E-state index in [-0.39, 0.29) is 0 Å². The van der Waals surface area contributed by atoms with E-state index in [0.29, 0.717) is 22.9 Å². The fourth-order valence-electron chi connectivity index (χ4n) is 9.00. The second kappa shape index (κ2) is 15.2. The summed E-state index contributed by atoms with van der Waals surface area (Å²) in [6, 6.07) is 33.4. The van der Waals surface area contributed by atoms with E-state index in [1.807, 2.05) is 0 Å². The van der Waals surface area contributed by atoms with Crippen molar-refractivity contribution >= 4 is 20.2 Å². The Kier molecular flexibility index (Phi) is 11.0.